The van der Waals surface area contributed by atoms with Gasteiger partial charge >= 0.3 is 29.4 Å². The van der Waals surface area contributed by atoms with Gasteiger partial charge in [-0.15, -0.1) is 0 Å². The van der Waals surface area contributed by atoms with Gasteiger partial charge < -0.3 is 22.1 Å². The molecule has 0 aliphatic carbocycles. The molecule has 0 saturated heterocycles. The average molecular weight is 189 g/mol. The van der Waals surface area contributed by atoms with Gasteiger partial charge in [-0.3, -0.25) is 0 Å². The van der Waals surface area contributed by atoms with Crippen molar-refractivity contribution in [3.8, 4) is 0 Å². The Bertz CT molecular complexity index is 30.4. The van der Waals surface area contributed by atoms with E-state index in [0.29, 0.717) is 0 Å². The Morgan fingerprint density at radius 3 is 1.14 bits per heavy atom. The molecule has 0 spiro atoms. The van der Waals surface area contributed by atoms with Gasteiger partial charge in [0.25, 0.3) is 0 Å². The summed E-state index contributed by atoms with van der Waals surface area (Å²) in [6, 6.07) is 0. The fourth-order valence-electron chi connectivity index (χ4n) is 0. The van der Waals surface area contributed by atoms with Crippen molar-refractivity contribution in [1.29, 1.82) is 0 Å². The molecule has 0 aliphatic rings. The molecule has 0 atom stereocenters. The van der Waals surface area contributed by atoms with Crippen LogP contribution in [0.25, 0.3) is 0 Å². The maximum atomic E-state index is 9.80. The van der Waals surface area contributed by atoms with E-state index in [9.17, 15) is 13.2 Å². The van der Waals surface area contributed by atoms with Crippen molar-refractivity contribution in [2.45, 2.75) is 6.36 Å². The molecule has 1 nitrogen and oxygen atoms in total. The summed E-state index contributed by atoms with van der Waals surface area (Å²) >= 11 is 0. The molecule has 0 unspecified atom stereocenters. The van der Waals surface area contributed by atoms with Crippen LogP contribution in [0.3, 0.4) is 0 Å². The van der Waals surface area contributed by atoms with Crippen molar-refractivity contribution in [3.63, 3.8) is 0 Å². The third kappa shape index (κ3) is 176. The molecule has 0 amide bonds. The molecule has 0 bridgehead atoms. The van der Waals surface area contributed by atoms with Gasteiger partial charge in [-0.25, -0.2) is 0 Å². The van der Waals surface area contributed by atoms with E-state index in [1.807, 2.05) is 0 Å². The standard InChI is InChI=1S/CF3O.BrH.Mg/c2-1(3,4)5;;/h;1H;/q-1;;+2/p-1. The predicted molar refractivity (Wildman–Crippen MR) is 11.8 cm³/mol. The van der Waals surface area contributed by atoms with Crippen LogP contribution in [0, 0.1) is 0 Å². The van der Waals surface area contributed by atoms with Crippen LogP contribution in [0.2, 0.25) is 0 Å². The van der Waals surface area contributed by atoms with E-state index < -0.39 is 6.36 Å². The van der Waals surface area contributed by atoms with Gasteiger partial charge in [-0.2, -0.15) is 13.2 Å². The monoisotopic (exact) mass is 188 g/mol. The minimum atomic E-state index is -5.25. The van der Waals surface area contributed by atoms with Crippen molar-refractivity contribution in [3.05, 3.63) is 0 Å². The number of hydrogen-bond donors (Lipinski definition) is 0. The molecule has 0 fully saturated rings. The van der Waals surface area contributed by atoms with Crippen LogP contribution < -0.4 is 22.1 Å². The third-order valence-corrected chi connectivity index (χ3v) is 0. The summed E-state index contributed by atoms with van der Waals surface area (Å²) in [5.74, 6) is 0. The molecule has 0 N–H and O–H groups in total. The molecule has 40 valence electrons. The van der Waals surface area contributed by atoms with Crippen LogP contribution in [-0.4, -0.2) is 29.4 Å². The largest absolute Gasteiger partial charge is 2.00 e. The molecule has 0 rings (SSSR count). The zero-order valence-electron chi connectivity index (χ0n) is 3.13. The molecular weight excluding hydrogens is 189 g/mol. The zero-order valence-corrected chi connectivity index (χ0v) is 6.13. The third-order valence-electron chi connectivity index (χ3n) is 0. The Morgan fingerprint density at radius 2 is 1.14 bits per heavy atom. The second-order valence-corrected chi connectivity index (χ2v) is 0.446. The molecule has 0 aromatic carbocycles. The predicted octanol–water partition coefficient (Wildman–Crippen LogP) is -3.51. The van der Waals surface area contributed by atoms with Crippen molar-refractivity contribution in [2.24, 2.45) is 0 Å². The molecule has 0 aliphatic heterocycles. The van der Waals surface area contributed by atoms with Crippen LogP contribution in [0.5, 0.6) is 0 Å². The summed E-state index contributed by atoms with van der Waals surface area (Å²) in [5, 5.41) is 8.10. The number of hydrogen-bond acceptors (Lipinski definition) is 1. The summed E-state index contributed by atoms with van der Waals surface area (Å²) in [5.41, 5.74) is 0. The fraction of sp³-hybridized carbons (Fsp3) is 1.00. The summed E-state index contributed by atoms with van der Waals surface area (Å²) in [4.78, 5) is 0. The normalized spacial score (nSPS) is 8.57. The SMILES string of the molecule is [Br-].[Mg+2].[O-]C(F)(F)F. The Balaban J connectivity index is -0.0000000800. The van der Waals surface area contributed by atoms with Gasteiger partial charge in [0.15, 0.2) is 0 Å². The van der Waals surface area contributed by atoms with Crippen LogP contribution >= 0.6 is 0 Å². The molecular formula is CBrF3MgO. The van der Waals surface area contributed by atoms with E-state index in [1.165, 1.54) is 0 Å². The van der Waals surface area contributed by atoms with Crippen LogP contribution in [0.15, 0.2) is 0 Å². The smallest absolute Gasteiger partial charge is 1.00 e. The van der Waals surface area contributed by atoms with Gasteiger partial charge in [0.2, 0.25) is 0 Å². The van der Waals surface area contributed by atoms with E-state index >= 15 is 0 Å². The average Bonchev–Trinajstić information content (AvgIpc) is 0.722. The molecule has 0 aromatic rings. The van der Waals surface area contributed by atoms with Gasteiger partial charge in [0.1, 0.15) is 0 Å². The first-order valence-electron chi connectivity index (χ1n) is 0.771. The first-order valence-corrected chi connectivity index (χ1v) is 0.771. The molecule has 0 radical (unpaired) electrons. The fourth-order valence-corrected chi connectivity index (χ4v) is 0. The minimum absolute atomic E-state index is 0. The molecule has 6 heteroatoms. The molecule has 0 heterocycles. The van der Waals surface area contributed by atoms with Crippen LogP contribution in [-0.2, 0) is 0 Å². The topological polar surface area (TPSA) is 23.1 Å². The molecule has 7 heavy (non-hydrogen) atoms. The number of alkyl halides is 3. The van der Waals surface area contributed by atoms with Crippen molar-refractivity contribution < 1.29 is 35.3 Å². The Labute approximate surface area is 64.8 Å². The van der Waals surface area contributed by atoms with Crippen molar-refractivity contribution in [2.75, 3.05) is 0 Å². The van der Waals surface area contributed by atoms with E-state index in [1.54, 1.807) is 0 Å². The van der Waals surface area contributed by atoms with Crippen LogP contribution in [0.4, 0.5) is 13.2 Å². The maximum Gasteiger partial charge on any atom is 2.00 e. The quantitative estimate of drug-likeness (QED) is 0.362. The first-order chi connectivity index (χ1) is 2.00. The summed E-state index contributed by atoms with van der Waals surface area (Å²) in [6.07, 6.45) is -5.25. The Morgan fingerprint density at radius 1 is 1.14 bits per heavy atom. The molecule has 0 aromatic heterocycles. The van der Waals surface area contributed by atoms with Gasteiger partial charge in [0.05, 0.1) is 0 Å². The van der Waals surface area contributed by atoms with E-state index in [-0.39, 0.29) is 40.0 Å². The van der Waals surface area contributed by atoms with E-state index in [0.717, 1.165) is 0 Å². The zero-order chi connectivity index (χ0) is 4.50. The summed E-state index contributed by atoms with van der Waals surface area (Å²) < 4.78 is 29.4. The van der Waals surface area contributed by atoms with Crippen LogP contribution in [0.1, 0.15) is 0 Å². The van der Waals surface area contributed by atoms with E-state index in [2.05, 4.69) is 0 Å². The Kier molecular flexibility index (Phi) is 11.5. The van der Waals surface area contributed by atoms with Crippen molar-refractivity contribution >= 4 is 23.1 Å². The maximum absolute atomic E-state index is 9.80. The first kappa shape index (κ1) is 15.7. The van der Waals surface area contributed by atoms with Gasteiger partial charge in [0, 0.05) is 0 Å². The Hall–Kier alpha value is 0.996. The van der Waals surface area contributed by atoms with Crippen molar-refractivity contribution in [1.82, 2.24) is 0 Å². The number of rotatable bonds is 0. The second kappa shape index (κ2) is 5.14. The van der Waals surface area contributed by atoms with Gasteiger partial charge in [-0.1, -0.05) is 0 Å². The number of halogens is 4. The second-order valence-electron chi connectivity index (χ2n) is 0.446. The minimum Gasteiger partial charge on any atom is -1.00 e. The summed E-state index contributed by atoms with van der Waals surface area (Å²) in [6.45, 7) is 0. The molecule has 0 saturated carbocycles. The van der Waals surface area contributed by atoms with E-state index in [4.69, 9.17) is 5.11 Å². The summed E-state index contributed by atoms with van der Waals surface area (Å²) in [7, 11) is 0. The van der Waals surface area contributed by atoms with Gasteiger partial charge in [-0.05, 0) is 0 Å².